The van der Waals surface area contributed by atoms with Gasteiger partial charge >= 0.3 is 0 Å². The maximum Gasteiger partial charge on any atom is 0.282 e. The Morgan fingerprint density at radius 3 is 2.19 bits per heavy atom. The van der Waals surface area contributed by atoms with Crippen LogP contribution in [0.25, 0.3) is 5.57 Å². The van der Waals surface area contributed by atoms with Crippen molar-refractivity contribution in [2.24, 2.45) is 0 Å². The van der Waals surface area contributed by atoms with Crippen molar-refractivity contribution in [3.8, 4) is 0 Å². The molecule has 0 fully saturated rings. The second-order valence-electron chi connectivity index (χ2n) is 7.78. The third-order valence-electron chi connectivity index (χ3n) is 5.34. The van der Waals surface area contributed by atoms with E-state index in [0.29, 0.717) is 16.9 Å². The number of amides is 2. The number of rotatable bonds is 5. The predicted octanol–water partition coefficient (Wildman–Crippen LogP) is 4.92. The molecule has 0 radical (unpaired) electrons. The molecule has 0 saturated heterocycles. The summed E-state index contributed by atoms with van der Waals surface area (Å²) in [5.41, 5.74) is 4.53. The molecular formula is C25H21N3O4. The maximum atomic E-state index is 13.5. The number of carbonyl (C=O) groups excluding carboxylic acids is 2. The molecule has 0 atom stereocenters. The van der Waals surface area contributed by atoms with Crippen molar-refractivity contribution in [3.63, 3.8) is 0 Å². The fourth-order valence-electron chi connectivity index (χ4n) is 3.71. The molecule has 0 bridgehead atoms. The summed E-state index contributed by atoms with van der Waals surface area (Å²) in [7, 11) is 0. The Labute approximate surface area is 185 Å². The summed E-state index contributed by atoms with van der Waals surface area (Å²) in [6.45, 7) is 5.66. The van der Waals surface area contributed by atoms with Crippen LogP contribution in [0.4, 0.5) is 17.1 Å². The van der Waals surface area contributed by atoms with Crippen LogP contribution < -0.4 is 10.2 Å². The van der Waals surface area contributed by atoms with Gasteiger partial charge in [-0.3, -0.25) is 19.7 Å². The molecule has 1 aliphatic heterocycles. The highest BCUT2D eigenvalue weighted by atomic mass is 16.6. The van der Waals surface area contributed by atoms with Crippen molar-refractivity contribution in [1.29, 1.82) is 0 Å². The third kappa shape index (κ3) is 3.76. The number of carbonyl (C=O) groups is 2. The zero-order valence-corrected chi connectivity index (χ0v) is 17.9. The van der Waals surface area contributed by atoms with Crippen LogP contribution in [0.1, 0.15) is 22.3 Å². The van der Waals surface area contributed by atoms with Crippen molar-refractivity contribution < 1.29 is 14.5 Å². The minimum atomic E-state index is -0.506. The van der Waals surface area contributed by atoms with Gasteiger partial charge in [0.05, 0.1) is 16.2 Å². The Morgan fingerprint density at radius 2 is 1.53 bits per heavy atom. The molecule has 0 aromatic heterocycles. The smallest absolute Gasteiger partial charge is 0.282 e. The number of hydrogen-bond donors (Lipinski definition) is 1. The number of nitrogens with zero attached hydrogens (tertiary/aromatic N) is 2. The number of aryl methyl sites for hydroxylation is 3. The summed E-state index contributed by atoms with van der Waals surface area (Å²) >= 11 is 0. The Kier molecular flexibility index (Phi) is 5.32. The Morgan fingerprint density at radius 1 is 0.844 bits per heavy atom. The van der Waals surface area contributed by atoms with Crippen LogP contribution in [-0.2, 0) is 9.59 Å². The number of benzene rings is 3. The number of anilines is 2. The van der Waals surface area contributed by atoms with Gasteiger partial charge in [0.2, 0.25) is 0 Å². The van der Waals surface area contributed by atoms with Crippen LogP contribution in [-0.4, -0.2) is 16.7 Å². The van der Waals surface area contributed by atoms with E-state index in [2.05, 4.69) is 5.32 Å². The molecule has 3 aromatic carbocycles. The van der Waals surface area contributed by atoms with Gasteiger partial charge in [-0.2, -0.15) is 0 Å². The van der Waals surface area contributed by atoms with Gasteiger partial charge in [0.25, 0.3) is 17.5 Å². The molecule has 7 heteroatoms. The normalized spacial score (nSPS) is 13.7. The van der Waals surface area contributed by atoms with E-state index in [1.807, 2.05) is 57.2 Å². The fraction of sp³-hybridized carbons (Fsp3) is 0.120. The topological polar surface area (TPSA) is 92.6 Å². The first-order valence-corrected chi connectivity index (χ1v) is 10.0. The third-order valence-corrected chi connectivity index (χ3v) is 5.34. The van der Waals surface area contributed by atoms with Crippen LogP contribution in [0, 0.1) is 30.9 Å². The first-order chi connectivity index (χ1) is 15.3. The highest BCUT2D eigenvalue weighted by Crippen LogP contribution is 2.36. The Balaban J connectivity index is 1.85. The number of hydrogen-bond acceptors (Lipinski definition) is 5. The highest BCUT2D eigenvalue weighted by Gasteiger charge is 2.41. The van der Waals surface area contributed by atoms with E-state index in [9.17, 15) is 19.7 Å². The average Bonchev–Trinajstić information content (AvgIpc) is 2.99. The zero-order chi connectivity index (χ0) is 23.0. The van der Waals surface area contributed by atoms with Crippen LogP contribution in [0.5, 0.6) is 0 Å². The molecule has 160 valence electrons. The van der Waals surface area contributed by atoms with Gasteiger partial charge in [0, 0.05) is 17.8 Å². The molecule has 7 nitrogen and oxygen atoms in total. The highest BCUT2D eigenvalue weighted by molar-refractivity contribution is 6.46. The van der Waals surface area contributed by atoms with Gasteiger partial charge in [-0.05, 0) is 73.4 Å². The number of non-ortho nitro benzene ring substituents is 1. The van der Waals surface area contributed by atoms with Crippen molar-refractivity contribution in [3.05, 3.63) is 105 Å². The first kappa shape index (κ1) is 21.0. The van der Waals surface area contributed by atoms with Crippen LogP contribution in [0.15, 0.2) is 72.4 Å². The summed E-state index contributed by atoms with van der Waals surface area (Å²) in [6, 6.07) is 18.7. The van der Waals surface area contributed by atoms with Crippen molar-refractivity contribution >= 4 is 34.4 Å². The molecule has 1 N–H and O–H groups in total. The van der Waals surface area contributed by atoms with E-state index in [4.69, 9.17) is 0 Å². The molecule has 0 spiro atoms. The van der Waals surface area contributed by atoms with Gasteiger partial charge in [0.15, 0.2) is 0 Å². The minimum Gasteiger partial charge on any atom is -0.350 e. The number of nitro groups is 1. The molecule has 3 aromatic rings. The monoisotopic (exact) mass is 427 g/mol. The number of imide groups is 1. The van der Waals surface area contributed by atoms with Gasteiger partial charge in [-0.25, -0.2) is 4.90 Å². The summed E-state index contributed by atoms with van der Waals surface area (Å²) in [4.78, 5) is 38.7. The first-order valence-electron chi connectivity index (χ1n) is 10.0. The largest absolute Gasteiger partial charge is 0.350 e. The van der Waals surface area contributed by atoms with Gasteiger partial charge in [0.1, 0.15) is 5.70 Å². The van der Waals surface area contributed by atoms with Gasteiger partial charge in [-0.15, -0.1) is 0 Å². The lowest BCUT2D eigenvalue weighted by atomic mass is 10.0. The lowest BCUT2D eigenvalue weighted by molar-refractivity contribution is -0.384. The van der Waals surface area contributed by atoms with Gasteiger partial charge in [-0.1, -0.05) is 24.3 Å². The van der Waals surface area contributed by atoms with Crippen molar-refractivity contribution in [2.45, 2.75) is 20.8 Å². The molecule has 1 heterocycles. The molecule has 0 unspecified atom stereocenters. The van der Waals surface area contributed by atoms with Crippen LogP contribution in [0.3, 0.4) is 0 Å². The van der Waals surface area contributed by atoms with Crippen molar-refractivity contribution in [2.75, 3.05) is 10.2 Å². The molecule has 32 heavy (non-hydrogen) atoms. The quantitative estimate of drug-likeness (QED) is 0.355. The van der Waals surface area contributed by atoms with Crippen LogP contribution in [0.2, 0.25) is 0 Å². The van der Waals surface area contributed by atoms with E-state index in [0.717, 1.165) is 21.6 Å². The summed E-state index contributed by atoms with van der Waals surface area (Å²) < 4.78 is 0. The molecule has 0 aliphatic carbocycles. The van der Waals surface area contributed by atoms with Crippen LogP contribution >= 0.6 is 0 Å². The molecular weight excluding hydrogens is 406 g/mol. The lowest BCUT2D eigenvalue weighted by Crippen LogP contribution is -2.33. The lowest BCUT2D eigenvalue weighted by Gasteiger charge is -2.18. The fourth-order valence-corrected chi connectivity index (χ4v) is 3.71. The van der Waals surface area contributed by atoms with E-state index < -0.39 is 16.7 Å². The van der Waals surface area contributed by atoms with Gasteiger partial charge < -0.3 is 5.32 Å². The Bertz CT molecular complexity index is 1290. The average molecular weight is 427 g/mol. The molecule has 0 saturated carbocycles. The van der Waals surface area contributed by atoms with E-state index in [1.54, 1.807) is 6.07 Å². The summed E-state index contributed by atoms with van der Waals surface area (Å²) in [5.74, 6) is -0.953. The second kappa shape index (κ2) is 8.11. The number of nitrogens with one attached hydrogen (secondary N) is 1. The second-order valence-corrected chi connectivity index (χ2v) is 7.78. The van der Waals surface area contributed by atoms with Crippen molar-refractivity contribution in [1.82, 2.24) is 0 Å². The number of nitro benzene ring substituents is 1. The van der Waals surface area contributed by atoms with E-state index >= 15 is 0 Å². The SMILES string of the molecule is Cc1cccc(NC2=C(c3ccc([N+](=O)[O-])cc3)C(=O)N(c3cc(C)ccc3C)C2=O)c1. The summed E-state index contributed by atoms with van der Waals surface area (Å²) in [6.07, 6.45) is 0. The van der Waals surface area contributed by atoms with E-state index in [-0.39, 0.29) is 17.0 Å². The maximum absolute atomic E-state index is 13.5. The standard InChI is InChI=1S/C25H21N3O4/c1-15-5-4-6-19(13-15)26-23-22(18-9-11-20(12-10-18)28(31)32)24(29)27(25(23)30)21-14-16(2)7-8-17(21)3/h4-14,26H,1-3H3. The minimum absolute atomic E-state index is 0.0919. The molecule has 1 aliphatic rings. The molecule has 2 amide bonds. The van der Waals surface area contributed by atoms with E-state index in [1.165, 1.54) is 24.3 Å². The predicted molar refractivity (Wildman–Crippen MR) is 123 cm³/mol. The molecule has 4 rings (SSSR count). The zero-order valence-electron chi connectivity index (χ0n) is 17.9. The summed E-state index contributed by atoms with van der Waals surface area (Å²) in [5, 5.41) is 14.2. The Hall–Kier alpha value is -4.26.